The van der Waals surface area contributed by atoms with Gasteiger partial charge in [-0.25, -0.2) is 4.98 Å². The molecule has 4 nitrogen and oxygen atoms in total. The first-order valence-electron chi connectivity index (χ1n) is 6.65. The van der Waals surface area contributed by atoms with E-state index in [1.165, 1.54) is 0 Å². The molecule has 0 aliphatic rings. The summed E-state index contributed by atoms with van der Waals surface area (Å²) in [6.45, 7) is 11.6. The summed E-state index contributed by atoms with van der Waals surface area (Å²) in [5, 5.41) is 3.32. The molecule has 0 radical (unpaired) electrons. The zero-order chi connectivity index (χ0) is 13.6. The normalized spacial score (nSPS) is 11.6. The Balaban J connectivity index is 2.54. The summed E-state index contributed by atoms with van der Waals surface area (Å²) >= 11 is 0. The van der Waals surface area contributed by atoms with Crippen molar-refractivity contribution in [2.75, 3.05) is 25.0 Å². The fourth-order valence-electron chi connectivity index (χ4n) is 1.82. The maximum absolute atomic E-state index is 4.46. The van der Waals surface area contributed by atoms with E-state index in [0.29, 0.717) is 0 Å². The number of nitrogens with one attached hydrogen (secondary N) is 1. The number of hydrogen-bond donors (Lipinski definition) is 1. The molecule has 0 aromatic carbocycles. The van der Waals surface area contributed by atoms with Gasteiger partial charge in [0.25, 0.3) is 0 Å². The van der Waals surface area contributed by atoms with E-state index in [-0.39, 0.29) is 5.41 Å². The molecule has 0 aliphatic heterocycles. The highest BCUT2D eigenvalue weighted by Gasteiger charge is 2.14. The van der Waals surface area contributed by atoms with E-state index < -0.39 is 0 Å². The fraction of sp³-hybridized carbons (Fsp3) is 0.714. The molecular weight excluding hydrogens is 224 g/mol. The van der Waals surface area contributed by atoms with Crippen LogP contribution in [0.5, 0.6) is 0 Å². The highest BCUT2D eigenvalue weighted by atomic mass is 15.2. The number of anilines is 1. The van der Waals surface area contributed by atoms with Gasteiger partial charge < -0.3 is 10.2 Å². The molecule has 1 N–H and O–H groups in total. The van der Waals surface area contributed by atoms with Crippen molar-refractivity contribution < 1.29 is 0 Å². The van der Waals surface area contributed by atoms with E-state index >= 15 is 0 Å². The predicted octanol–water partition coefficient (Wildman–Crippen LogP) is 2.46. The van der Waals surface area contributed by atoms with Crippen LogP contribution >= 0.6 is 0 Å². The number of hydrogen-bond acceptors (Lipinski definition) is 4. The van der Waals surface area contributed by atoms with Gasteiger partial charge in [-0.2, -0.15) is 0 Å². The first-order chi connectivity index (χ1) is 8.42. The zero-order valence-electron chi connectivity index (χ0n) is 12.3. The standard InChI is InChI=1S/C14H26N4/c1-6-7-15-8-12-9-17-13(10-16-12)18(5)11-14(2,3)4/h9-10,15H,6-8,11H2,1-5H3. The topological polar surface area (TPSA) is 41.1 Å². The molecule has 0 amide bonds. The van der Waals surface area contributed by atoms with Crippen LogP contribution in [-0.2, 0) is 6.54 Å². The van der Waals surface area contributed by atoms with E-state index in [9.17, 15) is 0 Å². The minimum atomic E-state index is 0.262. The highest BCUT2D eigenvalue weighted by molar-refractivity contribution is 5.34. The van der Waals surface area contributed by atoms with Crippen LogP contribution in [0.2, 0.25) is 0 Å². The van der Waals surface area contributed by atoms with Gasteiger partial charge in [-0.05, 0) is 18.4 Å². The van der Waals surface area contributed by atoms with Gasteiger partial charge in [-0.15, -0.1) is 0 Å². The summed E-state index contributed by atoms with van der Waals surface area (Å²) in [6, 6.07) is 0. The third kappa shape index (κ3) is 5.45. The van der Waals surface area contributed by atoms with Gasteiger partial charge >= 0.3 is 0 Å². The molecule has 102 valence electrons. The molecule has 0 aliphatic carbocycles. The molecule has 4 heteroatoms. The lowest BCUT2D eigenvalue weighted by Crippen LogP contribution is -2.29. The largest absolute Gasteiger partial charge is 0.358 e. The maximum Gasteiger partial charge on any atom is 0.146 e. The Labute approximate surface area is 111 Å². The number of rotatable bonds is 6. The molecule has 1 rings (SSSR count). The van der Waals surface area contributed by atoms with Crippen LogP contribution < -0.4 is 10.2 Å². The van der Waals surface area contributed by atoms with Gasteiger partial charge in [0, 0.05) is 20.1 Å². The SMILES string of the molecule is CCCNCc1cnc(N(C)CC(C)(C)C)cn1. The quantitative estimate of drug-likeness (QED) is 0.787. The van der Waals surface area contributed by atoms with Crippen molar-refractivity contribution in [3.8, 4) is 0 Å². The lowest BCUT2D eigenvalue weighted by molar-refractivity contribution is 0.417. The second-order valence-corrected chi connectivity index (χ2v) is 5.96. The van der Waals surface area contributed by atoms with Crippen LogP contribution in [-0.4, -0.2) is 30.1 Å². The van der Waals surface area contributed by atoms with Crippen LogP contribution in [0.4, 0.5) is 5.82 Å². The predicted molar refractivity (Wildman–Crippen MR) is 76.8 cm³/mol. The van der Waals surface area contributed by atoms with Crippen molar-refractivity contribution >= 4 is 5.82 Å². The lowest BCUT2D eigenvalue weighted by atomic mass is 9.96. The molecule has 0 fully saturated rings. The third-order valence-corrected chi connectivity index (χ3v) is 2.53. The second kappa shape index (κ2) is 6.69. The summed E-state index contributed by atoms with van der Waals surface area (Å²) in [5.74, 6) is 0.934. The monoisotopic (exact) mass is 250 g/mol. The molecule has 0 saturated carbocycles. The first kappa shape index (κ1) is 14.9. The molecule has 0 unspecified atom stereocenters. The molecule has 1 aromatic heterocycles. The van der Waals surface area contributed by atoms with Crippen LogP contribution in [0.3, 0.4) is 0 Å². The number of nitrogens with zero attached hydrogens (tertiary/aromatic N) is 3. The smallest absolute Gasteiger partial charge is 0.146 e. The second-order valence-electron chi connectivity index (χ2n) is 5.96. The minimum absolute atomic E-state index is 0.262. The summed E-state index contributed by atoms with van der Waals surface area (Å²) < 4.78 is 0. The van der Waals surface area contributed by atoms with Crippen molar-refractivity contribution in [3.05, 3.63) is 18.1 Å². The number of aromatic nitrogens is 2. The third-order valence-electron chi connectivity index (χ3n) is 2.53. The Hall–Kier alpha value is -1.16. The van der Waals surface area contributed by atoms with Gasteiger partial charge in [-0.1, -0.05) is 27.7 Å². The van der Waals surface area contributed by atoms with E-state index in [1.54, 1.807) is 0 Å². The van der Waals surface area contributed by atoms with Crippen molar-refractivity contribution in [3.63, 3.8) is 0 Å². The molecule has 0 bridgehead atoms. The molecule has 1 heterocycles. The summed E-state index contributed by atoms with van der Waals surface area (Å²) in [7, 11) is 2.06. The van der Waals surface area contributed by atoms with Crippen LogP contribution in [0.1, 0.15) is 39.8 Å². The Morgan fingerprint density at radius 1 is 1.22 bits per heavy atom. The van der Waals surface area contributed by atoms with Crippen molar-refractivity contribution in [2.45, 2.75) is 40.7 Å². The fourth-order valence-corrected chi connectivity index (χ4v) is 1.82. The van der Waals surface area contributed by atoms with E-state index in [0.717, 1.165) is 37.6 Å². The highest BCUT2D eigenvalue weighted by Crippen LogP contribution is 2.17. The zero-order valence-corrected chi connectivity index (χ0v) is 12.3. The van der Waals surface area contributed by atoms with Crippen LogP contribution in [0.15, 0.2) is 12.4 Å². The van der Waals surface area contributed by atoms with Gasteiger partial charge in [-0.3, -0.25) is 4.98 Å². The Morgan fingerprint density at radius 3 is 2.44 bits per heavy atom. The van der Waals surface area contributed by atoms with E-state index in [2.05, 4.69) is 54.9 Å². The Morgan fingerprint density at radius 2 is 1.94 bits per heavy atom. The molecule has 1 aromatic rings. The van der Waals surface area contributed by atoms with E-state index in [1.807, 2.05) is 12.4 Å². The molecular formula is C14H26N4. The summed E-state index contributed by atoms with van der Waals surface area (Å²) in [6.07, 6.45) is 4.85. The molecule has 0 atom stereocenters. The Bertz CT molecular complexity index is 340. The van der Waals surface area contributed by atoms with Crippen molar-refractivity contribution in [1.82, 2.24) is 15.3 Å². The summed E-state index contributed by atoms with van der Waals surface area (Å²) in [5.41, 5.74) is 1.26. The van der Waals surface area contributed by atoms with Gasteiger partial charge in [0.05, 0.1) is 18.1 Å². The lowest BCUT2D eigenvalue weighted by Gasteiger charge is -2.27. The first-order valence-corrected chi connectivity index (χ1v) is 6.65. The maximum atomic E-state index is 4.46. The van der Waals surface area contributed by atoms with Crippen molar-refractivity contribution in [1.29, 1.82) is 0 Å². The van der Waals surface area contributed by atoms with Gasteiger partial charge in [0.15, 0.2) is 0 Å². The average molecular weight is 250 g/mol. The molecule has 0 spiro atoms. The van der Waals surface area contributed by atoms with E-state index in [4.69, 9.17) is 0 Å². The van der Waals surface area contributed by atoms with Crippen LogP contribution in [0, 0.1) is 5.41 Å². The van der Waals surface area contributed by atoms with Crippen LogP contribution in [0.25, 0.3) is 0 Å². The Kier molecular flexibility index (Phi) is 5.54. The minimum Gasteiger partial charge on any atom is -0.358 e. The van der Waals surface area contributed by atoms with Gasteiger partial charge in [0.2, 0.25) is 0 Å². The van der Waals surface area contributed by atoms with Gasteiger partial charge in [0.1, 0.15) is 5.82 Å². The molecule has 18 heavy (non-hydrogen) atoms. The van der Waals surface area contributed by atoms with Crippen molar-refractivity contribution in [2.24, 2.45) is 5.41 Å². The average Bonchev–Trinajstić information content (AvgIpc) is 2.28. The summed E-state index contributed by atoms with van der Waals surface area (Å²) in [4.78, 5) is 11.0. The molecule has 0 saturated heterocycles.